The van der Waals surface area contributed by atoms with E-state index in [2.05, 4.69) is 32.3 Å². The van der Waals surface area contributed by atoms with Gasteiger partial charge in [0.15, 0.2) is 0 Å². The molecule has 0 amide bonds. The van der Waals surface area contributed by atoms with Gasteiger partial charge in [-0.2, -0.15) is 0 Å². The normalized spacial score (nSPS) is 9.40. The molecule has 4 nitrogen and oxygen atoms in total. The van der Waals surface area contributed by atoms with E-state index in [0.717, 1.165) is 12.2 Å². The van der Waals surface area contributed by atoms with Crippen molar-refractivity contribution in [1.82, 2.24) is 0 Å². The highest BCUT2D eigenvalue weighted by Crippen LogP contribution is 1.88. The van der Waals surface area contributed by atoms with Crippen molar-refractivity contribution >= 4 is 35.7 Å². The Morgan fingerprint density at radius 1 is 1.00 bits per heavy atom. The maximum Gasteiger partial charge on any atom is 0.349 e. The molecule has 10 heavy (non-hydrogen) atoms. The number of halogens is 2. The quantitative estimate of drug-likeness (QED) is 0.600. The first-order chi connectivity index (χ1) is 4.70. The van der Waals surface area contributed by atoms with Gasteiger partial charge in [-0.3, -0.25) is 0 Å². The molecule has 0 saturated carbocycles. The van der Waals surface area contributed by atoms with Crippen LogP contribution in [-0.2, 0) is 18.2 Å². The fraction of sp³-hybridized carbons (Fsp3) is 0. The van der Waals surface area contributed by atoms with Gasteiger partial charge in [0.2, 0.25) is 0 Å². The predicted octanol–water partition coefficient (Wildman–Crippen LogP) is 0.937. The Morgan fingerprint density at radius 3 is 1.50 bits per heavy atom. The average molecular weight is 185 g/mol. The molecule has 0 fully saturated rings. The second-order valence-corrected chi connectivity index (χ2v) is 1.43. The summed E-state index contributed by atoms with van der Waals surface area (Å²) in [6.07, 6.45) is 1.55. The first-order valence-corrected chi connectivity index (χ1v) is 2.65. The number of hydrogen-bond acceptors (Lipinski definition) is 4. The van der Waals surface area contributed by atoms with Crippen molar-refractivity contribution in [3.8, 4) is 0 Å². The van der Waals surface area contributed by atoms with Crippen LogP contribution in [0.25, 0.3) is 0 Å². The molecular weight excluding hydrogens is 183 g/mol. The van der Waals surface area contributed by atoms with E-state index in [9.17, 15) is 9.59 Å². The van der Waals surface area contributed by atoms with Crippen molar-refractivity contribution in [1.29, 1.82) is 0 Å². The van der Waals surface area contributed by atoms with Crippen molar-refractivity contribution in [2.75, 3.05) is 0 Å². The summed E-state index contributed by atoms with van der Waals surface area (Å²) in [7, 11) is 0. The molecule has 0 N–H and O–H groups in total. The molecule has 0 rings (SSSR count). The molecule has 56 valence electrons. The average Bonchev–Trinajstić information content (AvgIpc) is 1.99. The number of rotatable bonds is 2. The van der Waals surface area contributed by atoms with Crippen LogP contribution in [0.3, 0.4) is 0 Å². The standard InChI is InChI=1S/C4H2Cl2O4/c5-9-3(7)1-2-4(8)10-6/h1-2H/b2-1-. The topological polar surface area (TPSA) is 52.6 Å². The van der Waals surface area contributed by atoms with Crippen molar-refractivity contribution < 1.29 is 18.2 Å². The van der Waals surface area contributed by atoms with Crippen LogP contribution >= 0.6 is 23.7 Å². The highest BCUT2D eigenvalue weighted by Gasteiger charge is 1.97. The minimum Gasteiger partial charge on any atom is -0.344 e. The molecule has 0 unspecified atom stereocenters. The first kappa shape index (κ1) is 9.26. The molecule has 0 aliphatic carbocycles. The van der Waals surface area contributed by atoms with E-state index in [1.807, 2.05) is 0 Å². The third-order valence-corrected chi connectivity index (χ3v) is 0.812. The summed E-state index contributed by atoms with van der Waals surface area (Å²) >= 11 is 9.19. The largest absolute Gasteiger partial charge is 0.349 e. The van der Waals surface area contributed by atoms with Crippen LogP contribution in [-0.4, -0.2) is 11.9 Å². The molecule has 0 saturated heterocycles. The van der Waals surface area contributed by atoms with Gasteiger partial charge < -0.3 is 8.58 Å². The third-order valence-electron chi connectivity index (χ3n) is 0.508. The second-order valence-electron chi connectivity index (χ2n) is 1.13. The van der Waals surface area contributed by atoms with E-state index in [4.69, 9.17) is 0 Å². The lowest BCUT2D eigenvalue weighted by atomic mass is 10.5. The SMILES string of the molecule is O=C(/C=C\C(=O)OCl)OCl. The van der Waals surface area contributed by atoms with E-state index in [-0.39, 0.29) is 0 Å². The van der Waals surface area contributed by atoms with Gasteiger partial charge in [-0.15, -0.1) is 0 Å². The molecule has 0 aliphatic rings. The van der Waals surface area contributed by atoms with Crippen LogP contribution in [0.5, 0.6) is 0 Å². The summed E-state index contributed by atoms with van der Waals surface area (Å²) < 4.78 is 7.28. The van der Waals surface area contributed by atoms with Crippen LogP contribution in [0.2, 0.25) is 0 Å². The van der Waals surface area contributed by atoms with Gasteiger partial charge in [-0.25, -0.2) is 9.59 Å². The number of carbonyl (C=O) groups is 2. The molecule has 0 aliphatic heterocycles. The van der Waals surface area contributed by atoms with E-state index in [1.54, 1.807) is 0 Å². The Labute approximate surface area is 66.6 Å². The van der Waals surface area contributed by atoms with E-state index >= 15 is 0 Å². The predicted molar refractivity (Wildman–Crippen MR) is 33.0 cm³/mol. The lowest BCUT2D eigenvalue weighted by molar-refractivity contribution is -0.131. The molecular formula is C4H2Cl2O4. The minimum atomic E-state index is -0.872. The van der Waals surface area contributed by atoms with Gasteiger partial charge in [-0.1, -0.05) is 0 Å². The monoisotopic (exact) mass is 184 g/mol. The Balaban J connectivity index is 3.75. The molecule has 0 aromatic rings. The molecule has 0 spiro atoms. The first-order valence-electron chi connectivity index (χ1n) is 2.04. The fourth-order valence-corrected chi connectivity index (χ4v) is 0.290. The lowest BCUT2D eigenvalue weighted by Gasteiger charge is -1.84. The van der Waals surface area contributed by atoms with Crippen LogP contribution in [0.1, 0.15) is 0 Å². The zero-order valence-electron chi connectivity index (χ0n) is 4.54. The third kappa shape index (κ3) is 4.17. The summed E-state index contributed by atoms with van der Waals surface area (Å²) in [5, 5.41) is 0. The zero-order chi connectivity index (χ0) is 7.98. The maximum absolute atomic E-state index is 10.1. The zero-order valence-corrected chi connectivity index (χ0v) is 6.06. The molecule has 0 atom stereocenters. The van der Waals surface area contributed by atoms with E-state index in [1.165, 1.54) is 0 Å². The molecule has 0 bridgehead atoms. The summed E-state index contributed by atoms with van der Waals surface area (Å²) in [6.45, 7) is 0. The van der Waals surface area contributed by atoms with Crippen LogP contribution in [0.15, 0.2) is 12.2 Å². The number of carbonyl (C=O) groups excluding carboxylic acids is 2. The van der Waals surface area contributed by atoms with Gasteiger partial charge >= 0.3 is 11.9 Å². The van der Waals surface area contributed by atoms with Crippen LogP contribution in [0, 0.1) is 0 Å². The molecule has 0 aromatic heterocycles. The van der Waals surface area contributed by atoms with Crippen molar-refractivity contribution in [3.05, 3.63) is 12.2 Å². The molecule has 0 aromatic carbocycles. The smallest absolute Gasteiger partial charge is 0.344 e. The minimum absolute atomic E-state index is 0.776. The van der Waals surface area contributed by atoms with Gasteiger partial charge in [0.1, 0.15) is 23.7 Å². The van der Waals surface area contributed by atoms with Crippen LogP contribution in [0.4, 0.5) is 0 Å². The fourth-order valence-electron chi connectivity index (χ4n) is 0.188. The highest BCUT2D eigenvalue weighted by molar-refractivity contribution is 6.16. The summed E-state index contributed by atoms with van der Waals surface area (Å²) in [5.41, 5.74) is 0. The highest BCUT2D eigenvalue weighted by atomic mass is 35.5. The van der Waals surface area contributed by atoms with Crippen molar-refractivity contribution in [3.63, 3.8) is 0 Å². The van der Waals surface area contributed by atoms with Gasteiger partial charge in [0.05, 0.1) is 0 Å². The van der Waals surface area contributed by atoms with Gasteiger partial charge in [0, 0.05) is 12.2 Å². The summed E-state index contributed by atoms with van der Waals surface area (Å²) in [6, 6.07) is 0. The van der Waals surface area contributed by atoms with Crippen LogP contribution < -0.4 is 0 Å². The molecule has 6 heteroatoms. The Hall–Kier alpha value is -0.740. The molecule has 0 heterocycles. The molecule has 0 radical (unpaired) electrons. The Morgan fingerprint density at radius 2 is 1.30 bits per heavy atom. The summed E-state index contributed by atoms with van der Waals surface area (Å²) in [5.74, 6) is -1.74. The Kier molecular flexibility index (Phi) is 4.70. The van der Waals surface area contributed by atoms with Crippen molar-refractivity contribution in [2.45, 2.75) is 0 Å². The maximum atomic E-state index is 10.1. The van der Waals surface area contributed by atoms with Crippen molar-refractivity contribution in [2.24, 2.45) is 0 Å². The lowest BCUT2D eigenvalue weighted by Crippen LogP contribution is -1.94. The Bertz CT molecular complexity index is 147. The second kappa shape index (κ2) is 5.08. The van der Waals surface area contributed by atoms with Gasteiger partial charge in [-0.05, 0) is 0 Å². The van der Waals surface area contributed by atoms with Gasteiger partial charge in [0.25, 0.3) is 0 Å². The number of hydrogen-bond donors (Lipinski definition) is 0. The van der Waals surface area contributed by atoms with E-state index < -0.39 is 11.9 Å². The van der Waals surface area contributed by atoms with E-state index in [0.29, 0.717) is 0 Å². The summed E-state index contributed by atoms with van der Waals surface area (Å²) in [4.78, 5) is 20.3.